The molecule has 2 aromatic carbocycles. The molecule has 0 amide bonds. The molecule has 2 heterocycles. The molecule has 1 aromatic heterocycles. The van der Waals surface area contributed by atoms with E-state index < -0.39 is 0 Å². The van der Waals surface area contributed by atoms with Crippen molar-refractivity contribution in [1.82, 2.24) is 9.55 Å². The summed E-state index contributed by atoms with van der Waals surface area (Å²) in [6.45, 7) is 5.07. The maximum absolute atomic E-state index is 11.8. The fraction of sp³-hybridized carbons (Fsp3) is 0.273. The molecule has 4 rings (SSSR count). The van der Waals surface area contributed by atoms with Crippen LogP contribution in [-0.2, 0) is 13.0 Å². The van der Waals surface area contributed by atoms with Crippen LogP contribution in [0.3, 0.4) is 0 Å². The van der Waals surface area contributed by atoms with Gasteiger partial charge in [0.05, 0.1) is 6.54 Å². The van der Waals surface area contributed by atoms with Crippen molar-refractivity contribution in [2.45, 2.75) is 32.9 Å². The Labute approximate surface area is 158 Å². The van der Waals surface area contributed by atoms with E-state index >= 15 is 0 Å². The molecular weight excluding hydrogens is 340 g/mol. The van der Waals surface area contributed by atoms with Crippen LogP contribution < -0.4 is 15.0 Å². The van der Waals surface area contributed by atoms with Crippen LogP contribution in [0, 0.1) is 6.92 Å². The van der Waals surface area contributed by atoms with E-state index in [4.69, 9.17) is 9.47 Å². The highest BCUT2D eigenvalue weighted by molar-refractivity contribution is 5.67. The van der Waals surface area contributed by atoms with Crippen molar-refractivity contribution >= 4 is 0 Å². The van der Waals surface area contributed by atoms with Crippen LogP contribution in [0.5, 0.6) is 11.8 Å². The number of nitrogens with zero attached hydrogens (tertiary/aromatic N) is 2. The molecule has 0 saturated heterocycles. The molecule has 138 valence electrons. The third kappa shape index (κ3) is 3.58. The second-order valence-electron chi connectivity index (χ2n) is 6.75. The van der Waals surface area contributed by atoms with E-state index in [2.05, 4.69) is 30.1 Å². The third-order valence-corrected chi connectivity index (χ3v) is 4.80. The Bertz CT molecular complexity index is 1010. The summed E-state index contributed by atoms with van der Waals surface area (Å²) < 4.78 is 13.6. The number of fused-ring (bicyclic) bond motifs is 1. The van der Waals surface area contributed by atoms with Gasteiger partial charge in [0.2, 0.25) is 0 Å². The molecule has 0 N–H and O–H groups in total. The molecular formula is C22H22N2O3. The molecule has 0 aliphatic carbocycles. The van der Waals surface area contributed by atoms with Gasteiger partial charge in [0.15, 0.2) is 6.10 Å². The number of rotatable bonds is 5. The fourth-order valence-corrected chi connectivity index (χ4v) is 3.34. The van der Waals surface area contributed by atoms with Gasteiger partial charge in [0, 0.05) is 11.8 Å². The van der Waals surface area contributed by atoms with Crippen LogP contribution in [0.2, 0.25) is 0 Å². The second-order valence-corrected chi connectivity index (χ2v) is 6.75. The van der Waals surface area contributed by atoms with Crippen LogP contribution in [0.4, 0.5) is 0 Å². The largest absolute Gasteiger partial charge is 0.490 e. The fourth-order valence-electron chi connectivity index (χ4n) is 3.34. The number of ether oxygens (including phenoxy) is 2. The summed E-state index contributed by atoms with van der Waals surface area (Å²) in [4.78, 5) is 15.9. The molecule has 0 bridgehead atoms. The van der Waals surface area contributed by atoms with Gasteiger partial charge in [0.1, 0.15) is 12.4 Å². The van der Waals surface area contributed by atoms with Gasteiger partial charge in [-0.2, -0.15) is 4.98 Å². The Morgan fingerprint density at radius 1 is 1.22 bits per heavy atom. The van der Waals surface area contributed by atoms with Gasteiger partial charge >= 0.3 is 0 Å². The van der Waals surface area contributed by atoms with Crippen LogP contribution in [0.15, 0.2) is 59.5 Å². The van der Waals surface area contributed by atoms with Crippen molar-refractivity contribution in [3.8, 4) is 22.9 Å². The number of aromatic nitrogens is 2. The zero-order valence-electron chi connectivity index (χ0n) is 15.5. The van der Waals surface area contributed by atoms with E-state index in [1.54, 1.807) is 0 Å². The van der Waals surface area contributed by atoms with Crippen molar-refractivity contribution in [3.05, 3.63) is 76.2 Å². The first-order chi connectivity index (χ1) is 13.1. The Kier molecular flexibility index (Phi) is 4.67. The lowest BCUT2D eigenvalue weighted by atomic mass is 10.0. The predicted molar refractivity (Wildman–Crippen MR) is 104 cm³/mol. The normalized spacial score (nSPS) is 15.3. The first kappa shape index (κ1) is 17.3. The molecule has 5 heteroatoms. The van der Waals surface area contributed by atoms with Crippen LogP contribution in [0.25, 0.3) is 11.1 Å². The minimum atomic E-state index is -0.211. The summed E-state index contributed by atoms with van der Waals surface area (Å²) in [6.07, 6.45) is 2.35. The molecule has 0 radical (unpaired) electrons. The summed E-state index contributed by atoms with van der Waals surface area (Å²) in [7, 11) is 0. The van der Waals surface area contributed by atoms with E-state index in [1.807, 2.05) is 48.0 Å². The van der Waals surface area contributed by atoms with E-state index in [9.17, 15) is 4.79 Å². The molecule has 3 aromatic rings. The van der Waals surface area contributed by atoms with Crippen LogP contribution in [0.1, 0.15) is 18.1 Å². The lowest BCUT2D eigenvalue weighted by Gasteiger charge is -2.13. The molecule has 27 heavy (non-hydrogen) atoms. The highest BCUT2D eigenvalue weighted by Gasteiger charge is 2.25. The highest BCUT2D eigenvalue weighted by atomic mass is 16.6. The molecule has 0 spiro atoms. The number of benzene rings is 2. The minimum Gasteiger partial charge on any atom is -0.490 e. The first-order valence-corrected chi connectivity index (χ1v) is 9.20. The summed E-state index contributed by atoms with van der Waals surface area (Å²) in [6, 6.07) is 16.8. The van der Waals surface area contributed by atoms with Gasteiger partial charge in [-0.1, -0.05) is 43.3 Å². The van der Waals surface area contributed by atoms with Crippen molar-refractivity contribution in [1.29, 1.82) is 0 Å². The van der Waals surface area contributed by atoms with Gasteiger partial charge in [-0.3, -0.25) is 9.36 Å². The quantitative estimate of drug-likeness (QED) is 0.696. The number of hydrogen-bond acceptors (Lipinski definition) is 4. The lowest BCUT2D eigenvalue weighted by molar-refractivity contribution is 0.143. The number of hydrogen-bond donors (Lipinski definition) is 0. The lowest BCUT2D eigenvalue weighted by Crippen LogP contribution is -2.23. The second kappa shape index (κ2) is 7.27. The SMILES string of the molecule is CCc1cn2c(nc1=O)O[C@H](COc1ccc(-c3ccccc3)c(C)c1)C2. The van der Waals surface area contributed by atoms with E-state index in [1.165, 1.54) is 11.1 Å². The first-order valence-electron chi connectivity index (χ1n) is 9.20. The summed E-state index contributed by atoms with van der Waals surface area (Å²) in [5.41, 5.74) is 4.04. The Morgan fingerprint density at radius 2 is 2.04 bits per heavy atom. The maximum Gasteiger partial charge on any atom is 0.300 e. The Morgan fingerprint density at radius 3 is 2.78 bits per heavy atom. The zero-order valence-corrected chi connectivity index (χ0v) is 15.5. The Balaban J connectivity index is 1.42. The molecule has 1 aliphatic rings. The molecule has 1 aliphatic heterocycles. The smallest absolute Gasteiger partial charge is 0.300 e. The summed E-state index contributed by atoms with van der Waals surface area (Å²) in [5, 5.41) is 0. The molecule has 0 unspecified atom stereocenters. The van der Waals surface area contributed by atoms with Gasteiger partial charge in [-0.05, 0) is 42.2 Å². The van der Waals surface area contributed by atoms with Gasteiger partial charge in [0.25, 0.3) is 11.6 Å². The van der Waals surface area contributed by atoms with Crippen molar-refractivity contribution in [2.24, 2.45) is 0 Å². The minimum absolute atomic E-state index is 0.155. The summed E-state index contributed by atoms with van der Waals surface area (Å²) in [5.74, 6) is 0.809. The zero-order chi connectivity index (χ0) is 18.8. The van der Waals surface area contributed by atoms with E-state index in [0.29, 0.717) is 31.1 Å². The topological polar surface area (TPSA) is 53.4 Å². The van der Waals surface area contributed by atoms with E-state index in [-0.39, 0.29) is 11.7 Å². The average Bonchev–Trinajstić information content (AvgIpc) is 3.08. The molecule has 0 saturated carbocycles. The van der Waals surface area contributed by atoms with Gasteiger partial charge in [-0.15, -0.1) is 0 Å². The predicted octanol–water partition coefficient (Wildman–Crippen LogP) is 3.62. The van der Waals surface area contributed by atoms with Crippen LogP contribution in [-0.4, -0.2) is 22.3 Å². The van der Waals surface area contributed by atoms with Gasteiger partial charge < -0.3 is 9.47 Å². The number of aryl methyl sites for hydroxylation is 2. The average molecular weight is 362 g/mol. The van der Waals surface area contributed by atoms with Crippen molar-refractivity contribution < 1.29 is 9.47 Å². The standard InChI is InChI=1S/C22H22N2O3/c1-3-16-12-24-13-19(27-22(24)23-21(16)25)14-26-18-9-10-20(15(2)11-18)17-7-5-4-6-8-17/h4-12,19H,3,13-14H2,1-2H3/t19-/m0/s1. The maximum atomic E-state index is 11.8. The van der Waals surface area contributed by atoms with E-state index in [0.717, 1.165) is 11.3 Å². The third-order valence-electron chi connectivity index (χ3n) is 4.80. The highest BCUT2D eigenvalue weighted by Crippen LogP contribution is 2.27. The Hall–Kier alpha value is -3.08. The van der Waals surface area contributed by atoms with Crippen molar-refractivity contribution in [2.75, 3.05) is 6.61 Å². The van der Waals surface area contributed by atoms with Crippen molar-refractivity contribution in [3.63, 3.8) is 0 Å². The monoisotopic (exact) mass is 362 g/mol. The molecule has 1 atom stereocenters. The molecule has 5 nitrogen and oxygen atoms in total. The van der Waals surface area contributed by atoms with Gasteiger partial charge in [-0.25, -0.2) is 0 Å². The molecule has 0 fully saturated rings. The van der Waals surface area contributed by atoms with Crippen LogP contribution >= 0.6 is 0 Å². The summed E-state index contributed by atoms with van der Waals surface area (Å²) >= 11 is 0.